The van der Waals surface area contributed by atoms with Crippen LogP contribution in [0.1, 0.15) is 60.3 Å². The maximum Gasteiger partial charge on any atom is 0.303 e. The Kier molecular flexibility index (Phi) is 6.12. The van der Waals surface area contributed by atoms with Crippen molar-refractivity contribution in [3.8, 4) is 0 Å². The van der Waals surface area contributed by atoms with E-state index in [-0.39, 0.29) is 17.1 Å². The summed E-state index contributed by atoms with van der Waals surface area (Å²) in [5, 5.41) is 0.247. The highest BCUT2D eigenvalue weighted by Crippen LogP contribution is 2.56. The van der Waals surface area contributed by atoms with Gasteiger partial charge in [-0.15, -0.1) is 0 Å². The summed E-state index contributed by atoms with van der Waals surface area (Å²) in [6.45, 7) is 15.3. The van der Waals surface area contributed by atoms with Crippen LogP contribution in [0.25, 0.3) is 0 Å². The molecule has 5 nitrogen and oxygen atoms in total. The molecule has 7 heteroatoms. The van der Waals surface area contributed by atoms with Crippen molar-refractivity contribution in [2.24, 2.45) is 5.41 Å². The van der Waals surface area contributed by atoms with Gasteiger partial charge in [-0.3, -0.25) is 8.98 Å². The first-order valence-electron chi connectivity index (χ1n) is 9.85. The molecule has 156 valence electrons. The molecule has 0 aromatic carbocycles. The van der Waals surface area contributed by atoms with Crippen molar-refractivity contribution < 1.29 is 22.1 Å². The quantitative estimate of drug-likeness (QED) is 0.288. The fraction of sp³-hybridized carbons (Fsp3) is 0.850. The predicted octanol–water partition coefficient (Wildman–Crippen LogP) is 4.66. The fourth-order valence-corrected chi connectivity index (χ4v) is 7.81. The SMILES string of the molecule is CC(=O)O[C@H]1CC[C@@H](OS(C)(=O)=O)[C@]2(C)CC[C@@H]([Si](C)(C)C(C)(C)C)C=C12. The summed E-state index contributed by atoms with van der Waals surface area (Å²) >= 11 is 0. The van der Waals surface area contributed by atoms with Crippen LogP contribution in [0.5, 0.6) is 0 Å². The van der Waals surface area contributed by atoms with Gasteiger partial charge in [0.1, 0.15) is 6.10 Å². The van der Waals surface area contributed by atoms with Gasteiger partial charge in [-0.25, -0.2) is 0 Å². The van der Waals surface area contributed by atoms with Gasteiger partial charge in [-0.2, -0.15) is 8.42 Å². The standard InChI is InChI=1S/C20H36O5SSi/c1-14(21)24-17-9-10-18(25-26(6,22)23)20(5)12-11-15(13-16(17)20)27(7,8)19(2,3)4/h13,15,17-18H,9-12H2,1-8H3/t15-,17+,18-,20-/m1/s1. The lowest BCUT2D eigenvalue weighted by Gasteiger charge is -2.52. The number of allylic oxidation sites excluding steroid dienone is 1. The highest BCUT2D eigenvalue weighted by atomic mass is 32.2. The van der Waals surface area contributed by atoms with Crippen LogP contribution in [0.4, 0.5) is 0 Å². The molecule has 0 N–H and O–H groups in total. The maximum absolute atomic E-state index is 11.8. The third-order valence-electron chi connectivity index (χ3n) is 7.22. The fourth-order valence-electron chi connectivity index (χ4n) is 4.50. The molecule has 1 saturated carbocycles. The Labute approximate surface area is 166 Å². The van der Waals surface area contributed by atoms with Crippen molar-refractivity contribution in [1.29, 1.82) is 0 Å². The van der Waals surface area contributed by atoms with Gasteiger partial charge in [0, 0.05) is 12.3 Å². The van der Waals surface area contributed by atoms with Crippen molar-refractivity contribution in [2.75, 3.05) is 6.26 Å². The smallest absolute Gasteiger partial charge is 0.303 e. The van der Waals surface area contributed by atoms with E-state index in [4.69, 9.17) is 8.92 Å². The van der Waals surface area contributed by atoms with Crippen molar-refractivity contribution in [1.82, 2.24) is 0 Å². The van der Waals surface area contributed by atoms with E-state index in [0.29, 0.717) is 18.4 Å². The zero-order valence-electron chi connectivity index (χ0n) is 18.1. The molecule has 1 fully saturated rings. The summed E-state index contributed by atoms with van der Waals surface area (Å²) in [5.74, 6) is -0.291. The van der Waals surface area contributed by atoms with Gasteiger partial charge in [-0.05, 0) is 41.8 Å². The first-order valence-corrected chi connectivity index (χ1v) is 14.7. The molecule has 0 unspecified atom stereocenters. The topological polar surface area (TPSA) is 69.7 Å². The zero-order valence-corrected chi connectivity index (χ0v) is 19.9. The summed E-state index contributed by atoms with van der Waals surface area (Å²) < 4.78 is 34.8. The number of rotatable bonds is 4. The number of esters is 1. The molecule has 27 heavy (non-hydrogen) atoms. The normalized spacial score (nSPS) is 32.4. The third-order valence-corrected chi connectivity index (χ3v) is 14.0. The van der Waals surface area contributed by atoms with Crippen LogP contribution >= 0.6 is 0 Å². The zero-order chi connectivity index (χ0) is 20.8. The van der Waals surface area contributed by atoms with E-state index in [2.05, 4.69) is 46.9 Å². The van der Waals surface area contributed by atoms with Crippen LogP contribution < -0.4 is 0 Å². The molecule has 0 amide bonds. The van der Waals surface area contributed by atoms with Gasteiger partial charge in [0.05, 0.1) is 20.4 Å². The molecule has 0 bridgehead atoms. The molecule has 0 aromatic heterocycles. The molecule has 0 aromatic rings. The minimum Gasteiger partial charge on any atom is -0.458 e. The van der Waals surface area contributed by atoms with E-state index < -0.39 is 29.7 Å². The Hall–Kier alpha value is -0.663. The number of carbonyl (C=O) groups excluding carboxylic acids is 1. The molecule has 0 heterocycles. The van der Waals surface area contributed by atoms with Gasteiger partial charge >= 0.3 is 5.97 Å². The predicted molar refractivity (Wildman–Crippen MR) is 111 cm³/mol. The largest absolute Gasteiger partial charge is 0.458 e. The second-order valence-electron chi connectivity index (χ2n) is 10.1. The Morgan fingerprint density at radius 1 is 1.22 bits per heavy atom. The summed E-state index contributed by atoms with van der Waals surface area (Å²) in [4.78, 5) is 11.7. The Balaban J connectivity index is 2.48. The second-order valence-corrected chi connectivity index (χ2v) is 17.4. The molecule has 0 saturated heterocycles. The lowest BCUT2D eigenvalue weighted by Crippen LogP contribution is -2.51. The minimum atomic E-state index is -3.54. The molecule has 2 rings (SSSR count). The van der Waals surface area contributed by atoms with Gasteiger partial charge < -0.3 is 4.74 Å². The van der Waals surface area contributed by atoms with Gasteiger partial charge in [-0.1, -0.05) is 46.9 Å². The van der Waals surface area contributed by atoms with E-state index >= 15 is 0 Å². The van der Waals surface area contributed by atoms with Crippen molar-refractivity contribution in [3.63, 3.8) is 0 Å². The lowest BCUT2D eigenvalue weighted by atomic mass is 9.63. The molecular weight excluding hydrogens is 380 g/mol. The van der Waals surface area contributed by atoms with Crippen LogP contribution in [-0.4, -0.2) is 40.9 Å². The molecule has 4 atom stereocenters. The average Bonchev–Trinajstić information content (AvgIpc) is 2.46. The van der Waals surface area contributed by atoms with Crippen LogP contribution in [0, 0.1) is 5.41 Å². The summed E-state index contributed by atoms with van der Waals surface area (Å²) in [6.07, 6.45) is 5.81. The van der Waals surface area contributed by atoms with Gasteiger partial charge in [0.2, 0.25) is 0 Å². The maximum atomic E-state index is 11.8. The van der Waals surface area contributed by atoms with E-state index in [1.807, 2.05) is 0 Å². The third kappa shape index (κ3) is 4.67. The average molecular weight is 417 g/mol. The van der Waals surface area contributed by atoms with Gasteiger partial charge in [0.15, 0.2) is 0 Å². The molecule has 0 radical (unpaired) electrons. The van der Waals surface area contributed by atoms with Crippen molar-refractivity contribution in [2.45, 2.75) is 96.2 Å². The monoisotopic (exact) mass is 416 g/mol. The van der Waals surface area contributed by atoms with Crippen LogP contribution in [0.2, 0.25) is 23.7 Å². The molecular formula is C20H36O5SSi. The number of ether oxygens (including phenoxy) is 1. The van der Waals surface area contributed by atoms with E-state index in [1.54, 1.807) is 0 Å². The van der Waals surface area contributed by atoms with Crippen LogP contribution in [0.3, 0.4) is 0 Å². The van der Waals surface area contributed by atoms with E-state index in [1.165, 1.54) is 6.92 Å². The summed E-state index contributed by atoms with van der Waals surface area (Å²) in [6, 6.07) is 0. The summed E-state index contributed by atoms with van der Waals surface area (Å²) in [5.41, 5.74) is 1.12. The Bertz CT molecular complexity index is 719. The molecule has 0 spiro atoms. The number of hydrogen-bond acceptors (Lipinski definition) is 5. The highest BCUT2D eigenvalue weighted by molar-refractivity contribution is 7.86. The summed E-state index contributed by atoms with van der Waals surface area (Å²) in [7, 11) is -5.17. The number of fused-ring (bicyclic) bond motifs is 1. The van der Waals surface area contributed by atoms with Crippen molar-refractivity contribution >= 4 is 24.2 Å². The Morgan fingerprint density at radius 2 is 1.81 bits per heavy atom. The highest BCUT2D eigenvalue weighted by Gasteiger charge is 2.52. The number of carbonyl (C=O) groups is 1. The van der Waals surface area contributed by atoms with Gasteiger partial charge in [0.25, 0.3) is 10.1 Å². The number of hydrogen-bond donors (Lipinski definition) is 0. The lowest BCUT2D eigenvalue weighted by molar-refractivity contribution is -0.147. The van der Waals surface area contributed by atoms with Crippen LogP contribution in [-0.2, 0) is 23.8 Å². The minimum absolute atomic E-state index is 0.247. The van der Waals surface area contributed by atoms with E-state index in [0.717, 1.165) is 24.7 Å². The van der Waals surface area contributed by atoms with Crippen molar-refractivity contribution in [3.05, 3.63) is 11.6 Å². The molecule has 0 aliphatic heterocycles. The van der Waals surface area contributed by atoms with E-state index in [9.17, 15) is 13.2 Å². The molecule has 2 aliphatic rings. The Morgan fingerprint density at radius 3 is 2.30 bits per heavy atom. The molecule has 2 aliphatic carbocycles. The second kappa shape index (κ2) is 7.30. The first kappa shape index (κ1) is 22.6. The first-order chi connectivity index (χ1) is 12.1. The van der Waals surface area contributed by atoms with Crippen LogP contribution in [0.15, 0.2) is 11.6 Å².